The number of halogens is 1. The van der Waals surface area contributed by atoms with E-state index in [1.807, 2.05) is 11.6 Å². The summed E-state index contributed by atoms with van der Waals surface area (Å²) in [5.41, 5.74) is 4.16. The van der Waals surface area contributed by atoms with Crippen LogP contribution in [0, 0.1) is 17.1 Å². The van der Waals surface area contributed by atoms with Crippen molar-refractivity contribution in [1.29, 1.82) is 5.26 Å². The zero-order valence-electron chi connectivity index (χ0n) is 16.4. The molecule has 0 bridgehead atoms. The Hall–Kier alpha value is -3.67. The number of carbonyl (C=O) groups excluding carboxylic acids is 1. The molecule has 30 heavy (non-hydrogen) atoms. The third-order valence-electron chi connectivity index (χ3n) is 5.76. The van der Waals surface area contributed by atoms with Crippen LogP contribution in [0.5, 0.6) is 0 Å². The SMILES string of the molecule is CC1Cc2nn3c(c2CN1C(=O)Nc1ccc(F)c(C#N)c1)-c1oncc1CCC3. The highest BCUT2D eigenvalue weighted by Gasteiger charge is 2.34. The molecule has 0 aliphatic carbocycles. The summed E-state index contributed by atoms with van der Waals surface area (Å²) in [5.74, 6) is 0.116. The topological polar surface area (TPSA) is 100.0 Å². The average molecular weight is 406 g/mol. The highest BCUT2D eigenvalue weighted by molar-refractivity contribution is 5.90. The Balaban J connectivity index is 1.45. The number of benzene rings is 1. The largest absolute Gasteiger partial charge is 0.354 e. The first-order chi connectivity index (χ1) is 14.5. The maximum Gasteiger partial charge on any atom is 0.322 e. The van der Waals surface area contributed by atoms with Gasteiger partial charge in [0.2, 0.25) is 0 Å². The van der Waals surface area contributed by atoms with Crippen LogP contribution < -0.4 is 5.32 Å². The van der Waals surface area contributed by atoms with Gasteiger partial charge in [0.25, 0.3) is 0 Å². The van der Waals surface area contributed by atoms with E-state index >= 15 is 0 Å². The smallest absolute Gasteiger partial charge is 0.322 e. The molecule has 2 aliphatic heterocycles. The first-order valence-electron chi connectivity index (χ1n) is 9.85. The van der Waals surface area contributed by atoms with Crippen LogP contribution in [0.3, 0.4) is 0 Å². The van der Waals surface area contributed by atoms with Crippen molar-refractivity contribution in [1.82, 2.24) is 19.8 Å². The summed E-state index contributed by atoms with van der Waals surface area (Å²) in [4.78, 5) is 14.7. The lowest BCUT2D eigenvalue weighted by Gasteiger charge is -2.33. The number of urea groups is 1. The van der Waals surface area contributed by atoms with Gasteiger partial charge in [0.1, 0.15) is 17.6 Å². The molecule has 2 aromatic heterocycles. The molecule has 5 rings (SSSR count). The number of hydrogen-bond acceptors (Lipinski definition) is 5. The van der Waals surface area contributed by atoms with Crippen molar-refractivity contribution in [3.05, 3.63) is 52.6 Å². The molecule has 1 atom stereocenters. The maximum atomic E-state index is 13.6. The summed E-state index contributed by atoms with van der Waals surface area (Å²) in [6, 6.07) is 5.36. The van der Waals surface area contributed by atoms with Crippen molar-refractivity contribution in [2.24, 2.45) is 0 Å². The Kier molecular flexibility index (Phi) is 4.28. The van der Waals surface area contributed by atoms with Gasteiger partial charge < -0.3 is 14.7 Å². The maximum absolute atomic E-state index is 13.6. The van der Waals surface area contributed by atoms with Gasteiger partial charge in [-0.25, -0.2) is 9.18 Å². The quantitative estimate of drug-likeness (QED) is 0.667. The zero-order chi connectivity index (χ0) is 20.8. The molecular weight excluding hydrogens is 387 g/mol. The molecule has 2 aliphatic rings. The van der Waals surface area contributed by atoms with Crippen molar-refractivity contribution in [2.75, 3.05) is 5.32 Å². The lowest BCUT2D eigenvalue weighted by molar-refractivity contribution is 0.182. The number of amides is 2. The predicted molar refractivity (Wildman–Crippen MR) is 105 cm³/mol. The van der Waals surface area contributed by atoms with Gasteiger partial charge in [-0.05, 0) is 38.0 Å². The van der Waals surface area contributed by atoms with E-state index in [0.29, 0.717) is 18.7 Å². The normalized spacial score (nSPS) is 17.4. The number of aromatic nitrogens is 3. The second kappa shape index (κ2) is 6.99. The van der Waals surface area contributed by atoms with Gasteiger partial charge in [0.15, 0.2) is 5.76 Å². The standard InChI is InChI=1S/C21H19FN6O2/c1-12-7-18-16(19-20-13(10-24-30-20)3-2-6-28(19)26-18)11-27(12)21(29)25-15-4-5-17(22)14(8-15)9-23/h4-5,8,10,12H,2-3,6-7,11H2,1H3,(H,25,29). The number of aryl methyl sites for hydroxylation is 2. The molecule has 1 unspecified atom stereocenters. The third kappa shape index (κ3) is 2.92. The van der Waals surface area contributed by atoms with E-state index in [2.05, 4.69) is 10.5 Å². The van der Waals surface area contributed by atoms with Crippen LogP contribution >= 0.6 is 0 Å². The van der Waals surface area contributed by atoms with Gasteiger partial charge in [-0.1, -0.05) is 5.16 Å². The molecule has 0 saturated heterocycles. The number of nitrogens with zero attached hydrogens (tertiary/aromatic N) is 5. The van der Waals surface area contributed by atoms with Crippen molar-refractivity contribution in [2.45, 2.75) is 45.3 Å². The highest BCUT2D eigenvalue weighted by Crippen LogP contribution is 2.36. The fourth-order valence-electron chi connectivity index (χ4n) is 4.22. The number of nitriles is 1. The predicted octanol–water partition coefficient (Wildman–Crippen LogP) is 3.47. The Morgan fingerprint density at radius 3 is 3.13 bits per heavy atom. The fourth-order valence-corrected chi connectivity index (χ4v) is 4.22. The molecule has 4 heterocycles. The molecule has 0 fully saturated rings. The molecule has 9 heteroatoms. The summed E-state index contributed by atoms with van der Waals surface area (Å²) < 4.78 is 21.1. The Bertz CT molecular complexity index is 1190. The number of rotatable bonds is 1. The van der Waals surface area contributed by atoms with Crippen LogP contribution in [-0.4, -0.2) is 31.9 Å². The first-order valence-corrected chi connectivity index (χ1v) is 9.85. The molecule has 0 saturated carbocycles. The summed E-state index contributed by atoms with van der Waals surface area (Å²) in [5, 5.41) is 20.5. The number of carbonyl (C=O) groups is 1. The lowest BCUT2D eigenvalue weighted by Crippen LogP contribution is -2.44. The summed E-state index contributed by atoms with van der Waals surface area (Å²) in [6.07, 6.45) is 4.21. The average Bonchev–Trinajstić information content (AvgIpc) is 3.28. The third-order valence-corrected chi connectivity index (χ3v) is 5.76. The first kappa shape index (κ1) is 18.4. The van der Waals surface area contributed by atoms with Gasteiger partial charge in [0, 0.05) is 35.8 Å². The molecule has 1 aromatic carbocycles. The fraction of sp³-hybridized carbons (Fsp3) is 0.333. The molecule has 152 valence electrons. The minimum Gasteiger partial charge on any atom is -0.354 e. The Morgan fingerprint density at radius 1 is 1.43 bits per heavy atom. The summed E-state index contributed by atoms with van der Waals surface area (Å²) >= 11 is 0. The Labute approximate surface area is 171 Å². The second-order valence-electron chi connectivity index (χ2n) is 7.70. The van der Waals surface area contributed by atoms with Crippen LogP contribution in [0.25, 0.3) is 11.5 Å². The van der Waals surface area contributed by atoms with E-state index in [1.54, 1.807) is 17.2 Å². The number of anilines is 1. The lowest BCUT2D eigenvalue weighted by atomic mass is 9.98. The van der Waals surface area contributed by atoms with E-state index in [0.717, 1.165) is 47.7 Å². The van der Waals surface area contributed by atoms with E-state index < -0.39 is 5.82 Å². The molecule has 2 amide bonds. The van der Waals surface area contributed by atoms with Crippen LogP contribution in [0.1, 0.15) is 35.7 Å². The molecule has 1 N–H and O–H groups in total. The van der Waals surface area contributed by atoms with Gasteiger partial charge in [0.05, 0.1) is 24.0 Å². The number of hydrogen-bond donors (Lipinski definition) is 1. The minimum absolute atomic E-state index is 0.0678. The zero-order valence-corrected chi connectivity index (χ0v) is 16.4. The van der Waals surface area contributed by atoms with E-state index in [4.69, 9.17) is 14.9 Å². The number of nitrogens with one attached hydrogen (secondary N) is 1. The second-order valence-corrected chi connectivity index (χ2v) is 7.70. The molecule has 0 spiro atoms. The molecular formula is C21H19FN6O2. The Morgan fingerprint density at radius 2 is 2.30 bits per heavy atom. The van der Waals surface area contributed by atoms with E-state index in [-0.39, 0.29) is 17.6 Å². The monoisotopic (exact) mass is 406 g/mol. The van der Waals surface area contributed by atoms with Crippen molar-refractivity contribution in [3.8, 4) is 17.5 Å². The van der Waals surface area contributed by atoms with Crippen molar-refractivity contribution < 1.29 is 13.7 Å². The highest BCUT2D eigenvalue weighted by atomic mass is 19.1. The minimum atomic E-state index is -0.614. The van der Waals surface area contributed by atoms with E-state index in [1.165, 1.54) is 18.2 Å². The molecule has 8 nitrogen and oxygen atoms in total. The van der Waals surface area contributed by atoms with Gasteiger partial charge >= 0.3 is 6.03 Å². The van der Waals surface area contributed by atoms with Gasteiger partial charge in [-0.15, -0.1) is 0 Å². The van der Waals surface area contributed by atoms with E-state index in [9.17, 15) is 9.18 Å². The van der Waals surface area contributed by atoms with Gasteiger partial charge in [-0.2, -0.15) is 10.4 Å². The summed E-state index contributed by atoms with van der Waals surface area (Å²) in [7, 11) is 0. The summed E-state index contributed by atoms with van der Waals surface area (Å²) in [6.45, 7) is 3.14. The van der Waals surface area contributed by atoms with Crippen molar-refractivity contribution >= 4 is 11.7 Å². The van der Waals surface area contributed by atoms with Crippen molar-refractivity contribution in [3.63, 3.8) is 0 Å². The van der Waals surface area contributed by atoms with Crippen LogP contribution in [0.15, 0.2) is 28.9 Å². The van der Waals surface area contributed by atoms with Crippen LogP contribution in [-0.2, 0) is 25.9 Å². The van der Waals surface area contributed by atoms with Crippen LogP contribution in [0.2, 0.25) is 0 Å². The molecule has 3 aromatic rings. The number of fused-ring (bicyclic) bond motifs is 5. The van der Waals surface area contributed by atoms with Gasteiger partial charge in [-0.3, -0.25) is 4.68 Å². The molecule has 0 radical (unpaired) electrons. The van der Waals surface area contributed by atoms with Crippen LogP contribution in [0.4, 0.5) is 14.9 Å².